The van der Waals surface area contributed by atoms with E-state index in [0.29, 0.717) is 18.8 Å². The van der Waals surface area contributed by atoms with Crippen LogP contribution in [0.4, 0.5) is 20.8 Å². The number of ether oxygens (including phenoxy) is 3. The summed E-state index contributed by atoms with van der Waals surface area (Å²) in [7, 11) is -2.31. The molecule has 5 rings (SSSR count). The number of methoxy groups -OCH3 is 1. The number of carbonyl (C=O) groups excluding carboxylic acids is 3. The fourth-order valence-electron chi connectivity index (χ4n) is 5.84. The molecule has 0 aliphatic carbocycles. The molecular formula is C39H44FN5O8S. The Morgan fingerprint density at radius 1 is 1.02 bits per heavy atom. The van der Waals surface area contributed by atoms with Crippen LogP contribution in [0.2, 0.25) is 0 Å². The van der Waals surface area contributed by atoms with Crippen LogP contribution in [0.25, 0.3) is 6.08 Å². The fourth-order valence-corrected chi connectivity index (χ4v) is 6.48. The highest BCUT2D eigenvalue weighted by Gasteiger charge is 2.32. The number of nitrogens with two attached hydrogens (primary N) is 1. The Morgan fingerprint density at radius 3 is 2.33 bits per heavy atom. The summed E-state index contributed by atoms with van der Waals surface area (Å²) in [5, 5.41) is 4.62. The molecule has 2 heterocycles. The predicted molar refractivity (Wildman–Crippen MR) is 199 cm³/mol. The summed E-state index contributed by atoms with van der Waals surface area (Å²) in [6, 6.07) is 16.6. The van der Waals surface area contributed by atoms with Crippen molar-refractivity contribution < 1.29 is 41.4 Å². The van der Waals surface area contributed by atoms with Crippen LogP contribution in [0.1, 0.15) is 68.5 Å². The van der Waals surface area contributed by atoms with Crippen LogP contribution in [0, 0.1) is 11.7 Å². The van der Waals surface area contributed by atoms with Gasteiger partial charge in [0.2, 0.25) is 6.29 Å². The molecule has 5 atom stereocenters. The largest absolute Gasteiger partial charge is 0.495 e. The van der Waals surface area contributed by atoms with E-state index >= 15 is 0 Å². The van der Waals surface area contributed by atoms with Crippen molar-refractivity contribution in [3.05, 3.63) is 101 Å². The Hall–Kier alpha value is -5.41. The molecule has 2 unspecified atom stereocenters. The third-order valence-corrected chi connectivity index (χ3v) is 10.6. The van der Waals surface area contributed by atoms with Crippen LogP contribution < -0.4 is 15.4 Å². The minimum absolute atomic E-state index is 0.0135. The van der Waals surface area contributed by atoms with Gasteiger partial charge in [0.05, 0.1) is 24.2 Å². The number of esters is 1. The van der Waals surface area contributed by atoms with Gasteiger partial charge in [-0.2, -0.15) is 4.98 Å². The SMILES string of the molecule is CC[C@H](C)[C@H](N)C(=O)OC(C)OC(=O)N(c1nc2n(n1)CC(c1ccc(CC(=O)[C@H](C)c3ccc(F)cc3)cc1)C=C2)c1ccc(S(C)(=O)=O)cc1OC. The number of ketones is 1. The molecule has 4 aromatic rings. The van der Waals surface area contributed by atoms with Crippen LogP contribution >= 0.6 is 0 Å². The minimum atomic E-state index is -3.63. The Morgan fingerprint density at radius 2 is 1.70 bits per heavy atom. The van der Waals surface area contributed by atoms with Gasteiger partial charge in [-0.25, -0.2) is 27.2 Å². The number of nitrogens with zero attached hydrogens (tertiary/aromatic N) is 4. The van der Waals surface area contributed by atoms with Crippen molar-refractivity contribution in [1.29, 1.82) is 0 Å². The van der Waals surface area contributed by atoms with Crippen molar-refractivity contribution in [3.63, 3.8) is 0 Å². The van der Waals surface area contributed by atoms with Gasteiger partial charge in [0.25, 0.3) is 5.95 Å². The van der Waals surface area contributed by atoms with E-state index in [1.807, 2.05) is 44.2 Å². The lowest BCUT2D eigenvalue weighted by Crippen LogP contribution is -2.41. The normalized spacial score (nSPS) is 16.0. The number of allylic oxidation sites excluding steroid dienone is 1. The number of hydrogen-bond donors (Lipinski definition) is 1. The molecule has 0 fully saturated rings. The van der Waals surface area contributed by atoms with Crippen LogP contribution in [-0.4, -0.2) is 66.7 Å². The average molecular weight is 762 g/mol. The van der Waals surface area contributed by atoms with Crippen molar-refractivity contribution in [2.24, 2.45) is 11.7 Å². The van der Waals surface area contributed by atoms with Crippen molar-refractivity contribution in [2.75, 3.05) is 18.3 Å². The zero-order valence-electron chi connectivity index (χ0n) is 30.9. The van der Waals surface area contributed by atoms with Gasteiger partial charge < -0.3 is 19.9 Å². The highest BCUT2D eigenvalue weighted by atomic mass is 32.2. The van der Waals surface area contributed by atoms with Crippen LogP contribution in [0.15, 0.2) is 77.7 Å². The third-order valence-electron chi connectivity index (χ3n) is 9.46. The molecule has 1 aromatic heterocycles. The van der Waals surface area contributed by atoms with Gasteiger partial charge in [-0.15, -0.1) is 5.10 Å². The van der Waals surface area contributed by atoms with Gasteiger partial charge in [-0.3, -0.25) is 9.59 Å². The van der Waals surface area contributed by atoms with E-state index in [9.17, 15) is 27.2 Å². The maximum absolute atomic E-state index is 13.9. The quantitative estimate of drug-likeness (QED) is 0.116. The number of halogens is 1. The van der Waals surface area contributed by atoms with E-state index in [4.69, 9.17) is 19.9 Å². The van der Waals surface area contributed by atoms with E-state index in [1.165, 1.54) is 44.4 Å². The number of Topliss-reactive ketones (excluding diaryl/α,β-unsaturated/α-hetero) is 1. The molecule has 286 valence electrons. The zero-order chi connectivity index (χ0) is 39.3. The molecule has 1 aliphatic rings. The summed E-state index contributed by atoms with van der Waals surface area (Å²) in [5.74, 6) is -1.42. The summed E-state index contributed by atoms with van der Waals surface area (Å²) in [5.41, 5.74) is 8.63. The number of anilines is 2. The first-order valence-electron chi connectivity index (χ1n) is 17.4. The van der Waals surface area contributed by atoms with Crippen molar-refractivity contribution in [1.82, 2.24) is 14.8 Å². The summed E-state index contributed by atoms with van der Waals surface area (Å²) in [4.78, 5) is 45.0. The Labute approximate surface area is 313 Å². The lowest BCUT2D eigenvalue weighted by atomic mass is 9.91. The van der Waals surface area contributed by atoms with Gasteiger partial charge in [-0.05, 0) is 52.9 Å². The van der Waals surface area contributed by atoms with Crippen molar-refractivity contribution in [3.8, 4) is 5.75 Å². The highest BCUT2D eigenvalue weighted by Crippen LogP contribution is 2.36. The molecule has 0 saturated carbocycles. The molecule has 15 heteroatoms. The second-order valence-electron chi connectivity index (χ2n) is 13.3. The molecule has 13 nitrogen and oxygen atoms in total. The van der Waals surface area contributed by atoms with Crippen LogP contribution in [0.5, 0.6) is 5.75 Å². The first-order chi connectivity index (χ1) is 25.6. The lowest BCUT2D eigenvalue weighted by Gasteiger charge is -2.24. The summed E-state index contributed by atoms with van der Waals surface area (Å²) < 4.78 is 55.9. The molecule has 3 aromatic carbocycles. The Bertz CT molecular complexity index is 2140. The number of hydrogen-bond acceptors (Lipinski definition) is 11. The van der Waals surface area contributed by atoms with Gasteiger partial charge >= 0.3 is 12.1 Å². The molecule has 0 radical (unpaired) electrons. The number of carbonyl (C=O) groups is 3. The summed E-state index contributed by atoms with van der Waals surface area (Å²) in [6.07, 6.45) is 3.25. The summed E-state index contributed by atoms with van der Waals surface area (Å²) in [6.45, 7) is 7.22. The molecule has 0 saturated heterocycles. The Kier molecular flexibility index (Phi) is 12.3. The maximum atomic E-state index is 13.9. The predicted octanol–water partition coefficient (Wildman–Crippen LogP) is 6.09. The van der Waals surface area contributed by atoms with Crippen LogP contribution in [-0.2, 0) is 41.9 Å². The average Bonchev–Trinajstić information content (AvgIpc) is 3.56. The third kappa shape index (κ3) is 9.20. The van der Waals surface area contributed by atoms with Crippen LogP contribution in [0.3, 0.4) is 0 Å². The highest BCUT2D eigenvalue weighted by molar-refractivity contribution is 7.90. The van der Waals surface area contributed by atoms with E-state index < -0.39 is 34.2 Å². The fraction of sp³-hybridized carbons (Fsp3) is 0.359. The first-order valence-corrected chi connectivity index (χ1v) is 19.3. The number of amides is 1. The second-order valence-corrected chi connectivity index (χ2v) is 15.3. The molecular weight excluding hydrogens is 718 g/mol. The second kappa shape index (κ2) is 16.7. The molecule has 0 bridgehead atoms. The lowest BCUT2D eigenvalue weighted by molar-refractivity contribution is -0.167. The number of fused-ring (bicyclic) bond motifs is 1. The molecule has 2 N–H and O–H groups in total. The van der Waals surface area contributed by atoms with E-state index in [2.05, 4.69) is 10.1 Å². The minimum Gasteiger partial charge on any atom is -0.495 e. The number of rotatable bonds is 14. The van der Waals surface area contributed by atoms with Gasteiger partial charge in [0, 0.05) is 37.5 Å². The molecule has 0 spiro atoms. The number of sulfone groups is 1. The molecule has 1 aliphatic heterocycles. The number of benzene rings is 3. The Balaban J connectivity index is 1.36. The summed E-state index contributed by atoms with van der Waals surface area (Å²) >= 11 is 0. The number of aromatic nitrogens is 3. The first kappa shape index (κ1) is 39.8. The van der Waals surface area contributed by atoms with E-state index in [0.717, 1.165) is 27.8 Å². The maximum Gasteiger partial charge on any atom is 0.424 e. The van der Waals surface area contributed by atoms with E-state index in [1.54, 1.807) is 29.8 Å². The molecule has 1 amide bonds. The van der Waals surface area contributed by atoms with Gasteiger partial charge in [0.15, 0.2) is 15.7 Å². The van der Waals surface area contributed by atoms with Crippen molar-refractivity contribution >= 4 is 45.4 Å². The smallest absolute Gasteiger partial charge is 0.424 e. The standard InChI is InChI=1S/C39H44FN5O8S/c1-7-23(2)36(41)37(47)52-25(4)53-39(48)45(32-18-17-31(54(6,49)50)21-34(32)51-5)38-42-35-19-14-29(22-44(35)43-38)28-10-8-26(9-11-28)20-33(46)24(3)27-12-15-30(40)16-13-27/h8-19,21,23-25,29,36H,7,20,22,41H2,1-6H3/t23-,24+,25?,29?,36-/m0/s1. The van der Waals surface area contributed by atoms with Crippen molar-refractivity contribution in [2.45, 2.75) is 76.1 Å². The topological polar surface area (TPSA) is 173 Å². The van der Waals surface area contributed by atoms with Gasteiger partial charge in [-0.1, -0.05) is 69.7 Å². The van der Waals surface area contributed by atoms with E-state index in [-0.39, 0.29) is 58.1 Å². The van der Waals surface area contributed by atoms with Gasteiger partial charge in [0.1, 0.15) is 23.4 Å². The zero-order valence-corrected chi connectivity index (χ0v) is 31.7. The monoisotopic (exact) mass is 761 g/mol. The molecule has 54 heavy (non-hydrogen) atoms.